The van der Waals surface area contributed by atoms with Crippen molar-refractivity contribution in [1.82, 2.24) is 5.32 Å². The van der Waals surface area contributed by atoms with Gasteiger partial charge in [0, 0.05) is 0 Å². The highest BCUT2D eigenvalue weighted by molar-refractivity contribution is 6.39. The molecule has 1 unspecified atom stereocenters. The lowest BCUT2D eigenvalue weighted by molar-refractivity contribution is 0.0943. The van der Waals surface area contributed by atoms with Gasteiger partial charge in [0.15, 0.2) is 5.84 Å². The summed E-state index contributed by atoms with van der Waals surface area (Å²) < 4.78 is 0. The lowest BCUT2D eigenvalue weighted by atomic mass is 10.1. The highest BCUT2D eigenvalue weighted by Crippen LogP contribution is 2.33. The van der Waals surface area contributed by atoms with Crippen LogP contribution in [0.2, 0.25) is 10.0 Å². The Hall–Kier alpha value is -1.46. The number of benzene rings is 1. The zero-order valence-corrected chi connectivity index (χ0v) is 11.4. The third kappa shape index (κ3) is 3.11. The highest BCUT2D eigenvalue weighted by atomic mass is 35.5. The number of nitrogens with one attached hydrogen (secondary N) is 1. The summed E-state index contributed by atoms with van der Waals surface area (Å²) in [5, 5.41) is 14.9. The molecule has 0 bridgehead atoms. The maximum Gasteiger partial charge on any atom is 0.254 e. The molecule has 0 spiro atoms. The fraction of sp³-hybridized carbons (Fsp3) is 0.333. The number of nitrogens with two attached hydrogens (primary N) is 1. The molecule has 0 heterocycles. The van der Waals surface area contributed by atoms with Crippen molar-refractivity contribution < 1.29 is 10.0 Å². The Morgan fingerprint density at radius 1 is 1.42 bits per heavy atom. The van der Waals surface area contributed by atoms with Crippen LogP contribution in [0.15, 0.2) is 23.4 Å². The third-order valence-electron chi connectivity index (χ3n) is 3.00. The second-order valence-electron chi connectivity index (χ2n) is 4.41. The van der Waals surface area contributed by atoms with Crippen molar-refractivity contribution in [1.29, 1.82) is 0 Å². The smallest absolute Gasteiger partial charge is 0.254 e. The van der Waals surface area contributed by atoms with Crippen LogP contribution < -0.4 is 11.1 Å². The zero-order chi connectivity index (χ0) is 14.0. The van der Waals surface area contributed by atoms with E-state index < -0.39 is 11.9 Å². The molecule has 102 valence electrons. The van der Waals surface area contributed by atoms with Crippen LogP contribution in [0.4, 0.5) is 0 Å². The van der Waals surface area contributed by atoms with Crippen molar-refractivity contribution in [3.05, 3.63) is 33.8 Å². The fourth-order valence-electron chi connectivity index (χ4n) is 1.85. The largest absolute Gasteiger partial charge is 0.409 e. The van der Waals surface area contributed by atoms with Crippen LogP contribution in [0.1, 0.15) is 23.2 Å². The SMILES string of the molecule is NC(=NO)C(NC(=O)c1c(Cl)cccc1Cl)C1CC1. The first kappa shape index (κ1) is 14.0. The number of amidine groups is 1. The molecule has 1 saturated carbocycles. The molecule has 5 nitrogen and oxygen atoms in total. The number of hydrogen-bond acceptors (Lipinski definition) is 3. The van der Waals surface area contributed by atoms with Gasteiger partial charge in [-0.05, 0) is 30.9 Å². The summed E-state index contributed by atoms with van der Waals surface area (Å²) in [5.41, 5.74) is 5.78. The Labute approximate surface area is 120 Å². The summed E-state index contributed by atoms with van der Waals surface area (Å²) in [4.78, 5) is 12.2. The van der Waals surface area contributed by atoms with Gasteiger partial charge in [0.2, 0.25) is 0 Å². The van der Waals surface area contributed by atoms with E-state index in [1.807, 2.05) is 0 Å². The van der Waals surface area contributed by atoms with E-state index in [-0.39, 0.29) is 27.4 Å². The maximum absolute atomic E-state index is 12.2. The van der Waals surface area contributed by atoms with E-state index in [1.165, 1.54) is 0 Å². The van der Waals surface area contributed by atoms with Crippen molar-refractivity contribution in [2.75, 3.05) is 0 Å². The molecule has 1 fully saturated rings. The summed E-state index contributed by atoms with van der Waals surface area (Å²) in [6.07, 6.45) is 1.86. The minimum Gasteiger partial charge on any atom is -0.409 e. The van der Waals surface area contributed by atoms with E-state index in [0.717, 1.165) is 12.8 Å². The number of carbonyl (C=O) groups is 1. The average molecular weight is 302 g/mol. The molecule has 1 atom stereocenters. The molecule has 7 heteroatoms. The number of hydrogen-bond donors (Lipinski definition) is 3. The molecule has 1 aliphatic carbocycles. The number of carbonyl (C=O) groups excluding carboxylic acids is 1. The first-order valence-corrected chi connectivity index (χ1v) is 6.52. The van der Waals surface area contributed by atoms with E-state index in [9.17, 15) is 4.79 Å². The van der Waals surface area contributed by atoms with Gasteiger partial charge in [0.05, 0.1) is 21.7 Å². The summed E-state index contributed by atoms with van der Waals surface area (Å²) in [6.45, 7) is 0. The van der Waals surface area contributed by atoms with Gasteiger partial charge in [-0.15, -0.1) is 0 Å². The van der Waals surface area contributed by atoms with E-state index in [0.29, 0.717) is 0 Å². The molecule has 0 saturated heterocycles. The lowest BCUT2D eigenvalue weighted by Gasteiger charge is -2.17. The van der Waals surface area contributed by atoms with Crippen LogP contribution in [-0.4, -0.2) is 23.0 Å². The Morgan fingerprint density at radius 2 is 2.00 bits per heavy atom. The molecule has 0 aliphatic heterocycles. The molecule has 2 rings (SSSR count). The Kier molecular flexibility index (Phi) is 4.17. The van der Waals surface area contributed by atoms with Gasteiger partial charge < -0.3 is 16.3 Å². The van der Waals surface area contributed by atoms with Crippen molar-refractivity contribution in [3.63, 3.8) is 0 Å². The van der Waals surface area contributed by atoms with Gasteiger partial charge in [-0.2, -0.15) is 0 Å². The monoisotopic (exact) mass is 301 g/mol. The van der Waals surface area contributed by atoms with Crippen LogP contribution in [0.5, 0.6) is 0 Å². The van der Waals surface area contributed by atoms with Gasteiger partial charge in [0.25, 0.3) is 5.91 Å². The molecule has 0 radical (unpaired) electrons. The summed E-state index contributed by atoms with van der Waals surface area (Å²) in [7, 11) is 0. The van der Waals surface area contributed by atoms with Crippen molar-refractivity contribution in [3.8, 4) is 0 Å². The Balaban J connectivity index is 2.20. The van der Waals surface area contributed by atoms with Crippen LogP contribution in [0.25, 0.3) is 0 Å². The normalized spacial score (nSPS) is 17.1. The van der Waals surface area contributed by atoms with Crippen LogP contribution >= 0.6 is 23.2 Å². The summed E-state index contributed by atoms with van der Waals surface area (Å²) in [5.74, 6) is -0.251. The number of amides is 1. The first-order valence-electron chi connectivity index (χ1n) is 5.77. The summed E-state index contributed by atoms with van der Waals surface area (Å²) >= 11 is 11.9. The molecule has 1 aromatic rings. The molecule has 1 amide bonds. The molecule has 19 heavy (non-hydrogen) atoms. The van der Waals surface area contributed by atoms with E-state index in [1.54, 1.807) is 18.2 Å². The van der Waals surface area contributed by atoms with Gasteiger partial charge >= 0.3 is 0 Å². The number of nitrogens with zero attached hydrogens (tertiary/aromatic N) is 1. The Morgan fingerprint density at radius 3 is 2.47 bits per heavy atom. The second-order valence-corrected chi connectivity index (χ2v) is 5.22. The minimum atomic E-state index is -0.496. The molecule has 4 N–H and O–H groups in total. The number of halogens is 2. The third-order valence-corrected chi connectivity index (χ3v) is 3.63. The second kappa shape index (κ2) is 5.67. The van der Waals surface area contributed by atoms with Crippen LogP contribution in [-0.2, 0) is 0 Å². The van der Waals surface area contributed by atoms with E-state index in [2.05, 4.69) is 10.5 Å². The topological polar surface area (TPSA) is 87.7 Å². The molecule has 0 aromatic heterocycles. The van der Waals surface area contributed by atoms with Gasteiger partial charge in [-0.1, -0.05) is 34.4 Å². The quantitative estimate of drug-likeness (QED) is 0.345. The van der Waals surface area contributed by atoms with Gasteiger partial charge in [-0.3, -0.25) is 4.79 Å². The van der Waals surface area contributed by atoms with Crippen LogP contribution in [0, 0.1) is 5.92 Å². The zero-order valence-electron chi connectivity index (χ0n) is 9.94. The molecule has 1 aliphatic rings. The number of oxime groups is 1. The highest BCUT2D eigenvalue weighted by Gasteiger charge is 2.35. The summed E-state index contributed by atoms with van der Waals surface area (Å²) in [6, 6.07) is 4.32. The maximum atomic E-state index is 12.2. The van der Waals surface area contributed by atoms with Gasteiger partial charge in [-0.25, -0.2) is 0 Å². The van der Waals surface area contributed by atoms with E-state index >= 15 is 0 Å². The van der Waals surface area contributed by atoms with E-state index in [4.69, 9.17) is 34.1 Å². The van der Waals surface area contributed by atoms with Crippen molar-refractivity contribution in [2.45, 2.75) is 18.9 Å². The lowest BCUT2D eigenvalue weighted by Crippen LogP contribution is -2.46. The predicted molar refractivity (Wildman–Crippen MR) is 73.8 cm³/mol. The first-order chi connectivity index (χ1) is 9.04. The van der Waals surface area contributed by atoms with Crippen molar-refractivity contribution >= 4 is 34.9 Å². The predicted octanol–water partition coefficient (Wildman–Crippen LogP) is 2.25. The van der Waals surface area contributed by atoms with Crippen LogP contribution in [0.3, 0.4) is 0 Å². The average Bonchev–Trinajstić information content (AvgIpc) is 3.19. The standard InChI is InChI=1S/C12H13Cl2N3O2/c13-7-2-1-3-8(14)9(7)12(18)16-10(6-4-5-6)11(15)17-19/h1-3,6,10,19H,4-5H2,(H2,15,17)(H,16,18). The van der Waals surface area contributed by atoms with Crippen molar-refractivity contribution in [2.24, 2.45) is 16.8 Å². The van der Waals surface area contributed by atoms with Gasteiger partial charge in [0.1, 0.15) is 0 Å². The molecular weight excluding hydrogens is 289 g/mol. The Bertz CT molecular complexity index is 509. The minimum absolute atomic E-state index is 0.0148. The fourth-order valence-corrected chi connectivity index (χ4v) is 2.42. The molecule has 1 aromatic carbocycles. The molecular formula is C12H13Cl2N3O2. The number of rotatable bonds is 4.